The van der Waals surface area contributed by atoms with Crippen LogP contribution in [0.1, 0.15) is 30.2 Å². The summed E-state index contributed by atoms with van der Waals surface area (Å²) in [4.78, 5) is 27.2. The smallest absolute Gasteiger partial charge is 0.224 e. The number of rotatable bonds is 4. The molecule has 0 bridgehead atoms. The quantitative estimate of drug-likeness (QED) is 0.874. The van der Waals surface area contributed by atoms with Gasteiger partial charge in [0.1, 0.15) is 0 Å². The Bertz CT molecular complexity index is 547. The van der Waals surface area contributed by atoms with E-state index in [-0.39, 0.29) is 17.7 Å². The minimum atomic E-state index is -0.0743. The lowest BCUT2D eigenvalue weighted by atomic mass is 9.98. The summed E-state index contributed by atoms with van der Waals surface area (Å²) in [5.41, 5.74) is 1.43. The highest BCUT2D eigenvalue weighted by Gasteiger charge is 2.26. The Kier molecular flexibility index (Phi) is 4.78. The molecule has 2 amide bonds. The van der Waals surface area contributed by atoms with Crippen LogP contribution < -0.4 is 10.6 Å². The number of nitrogens with one attached hydrogen (secondary N) is 2. The summed E-state index contributed by atoms with van der Waals surface area (Å²) in [5.74, 6) is 0.0483. The van der Waals surface area contributed by atoms with Gasteiger partial charge >= 0.3 is 0 Å². The molecule has 2 aliphatic rings. The van der Waals surface area contributed by atoms with Gasteiger partial charge in [0.2, 0.25) is 11.8 Å². The number of carbonyl (C=O) groups excluding carboxylic acids is 2. The summed E-state index contributed by atoms with van der Waals surface area (Å²) < 4.78 is 0. The number of fused-ring (bicyclic) bond motifs is 1. The van der Waals surface area contributed by atoms with Crippen molar-refractivity contribution in [3.63, 3.8) is 0 Å². The maximum absolute atomic E-state index is 12.2. The lowest BCUT2D eigenvalue weighted by Gasteiger charge is -2.33. The van der Waals surface area contributed by atoms with Crippen LogP contribution in [-0.2, 0) is 22.6 Å². The zero-order valence-corrected chi connectivity index (χ0v) is 13.7. The third-order valence-corrected chi connectivity index (χ3v) is 5.69. The van der Waals surface area contributed by atoms with E-state index < -0.39 is 0 Å². The Morgan fingerprint density at radius 2 is 2.41 bits per heavy atom. The Hall–Kier alpha value is -1.40. The molecule has 1 aromatic heterocycles. The molecule has 0 saturated carbocycles. The minimum absolute atomic E-state index is 0.0531. The van der Waals surface area contributed by atoms with Crippen LogP contribution in [0.5, 0.6) is 0 Å². The Morgan fingerprint density at radius 3 is 3.18 bits per heavy atom. The second-order valence-corrected chi connectivity index (χ2v) is 7.22. The summed E-state index contributed by atoms with van der Waals surface area (Å²) >= 11 is 1.85. The number of hydrogen-bond acceptors (Lipinski definition) is 4. The molecule has 0 aliphatic carbocycles. The predicted molar refractivity (Wildman–Crippen MR) is 86.6 cm³/mol. The molecule has 1 saturated heterocycles. The average Bonchev–Trinajstić information content (AvgIpc) is 3.00. The SMILES string of the molecule is C[C@H](CNC(=O)[C@@H]1CCC(=O)NC1)N1CCc2sccc2C1. The van der Waals surface area contributed by atoms with Crippen LogP contribution in [0.2, 0.25) is 0 Å². The van der Waals surface area contributed by atoms with E-state index in [1.807, 2.05) is 11.3 Å². The van der Waals surface area contributed by atoms with Gasteiger partial charge in [-0.1, -0.05) is 0 Å². The lowest BCUT2D eigenvalue weighted by Crippen LogP contribution is -2.48. The number of nitrogens with zero attached hydrogens (tertiary/aromatic N) is 1. The molecule has 1 aromatic rings. The van der Waals surface area contributed by atoms with Gasteiger partial charge in [0.25, 0.3) is 0 Å². The molecule has 0 spiro atoms. The Labute approximate surface area is 135 Å². The van der Waals surface area contributed by atoms with Crippen LogP contribution in [0.15, 0.2) is 11.4 Å². The van der Waals surface area contributed by atoms with Gasteiger partial charge in [0, 0.05) is 43.5 Å². The van der Waals surface area contributed by atoms with E-state index in [9.17, 15) is 9.59 Å². The molecule has 2 aliphatic heterocycles. The molecule has 6 heteroatoms. The fourth-order valence-corrected chi connectivity index (χ4v) is 4.01. The van der Waals surface area contributed by atoms with Gasteiger partial charge in [-0.3, -0.25) is 14.5 Å². The fraction of sp³-hybridized carbons (Fsp3) is 0.625. The number of amides is 2. The van der Waals surface area contributed by atoms with E-state index in [1.165, 1.54) is 10.4 Å². The fourth-order valence-electron chi connectivity index (χ4n) is 3.12. The first kappa shape index (κ1) is 15.5. The highest BCUT2D eigenvalue weighted by molar-refractivity contribution is 7.10. The lowest BCUT2D eigenvalue weighted by molar-refractivity contribution is -0.129. The van der Waals surface area contributed by atoms with E-state index in [4.69, 9.17) is 0 Å². The first-order valence-corrected chi connectivity index (χ1v) is 8.85. The number of hydrogen-bond donors (Lipinski definition) is 2. The zero-order valence-electron chi connectivity index (χ0n) is 12.9. The topological polar surface area (TPSA) is 61.4 Å². The van der Waals surface area contributed by atoms with Crippen LogP contribution in [0.25, 0.3) is 0 Å². The number of piperidine rings is 1. The van der Waals surface area contributed by atoms with Gasteiger partial charge in [0.05, 0.1) is 5.92 Å². The molecule has 5 nitrogen and oxygen atoms in total. The zero-order chi connectivity index (χ0) is 15.5. The van der Waals surface area contributed by atoms with Crippen molar-refractivity contribution in [2.45, 2.75) is 38.8 Å². The Balaban J connectivity index is 1.45. The highest BCUT2D eigenvalue weighted by Crippen LogP contribution is 2.25. The molecule has 0 aromatic carbocycles. The van der Waals surface area contributed by atoms with Crippen molar-refractivity contribution in [1.29, 1.82) is 0 Å². The largest absolute Gasteiger partial charge is 0.355 e. The summed E-state index contributed by atoms with van der Waals surface area (Å²) in [6, 6.07) is 2.54. The van der Waals surface area contributed by atoms with Crippen LogP contribution in [0.4, 0.5) is 0 Å². The third kappa shape index (κ3) is 3.50. The van der Waals surface area contributed by atoms with Crippen LogP contribution in [0.3, 0.4) is 0 Å². The van der Waals surface area contributed by atoms with Crippen molar-refractivity contribution in [3.8, 4) is 0 Å². The average molecular weight is 321 g/mol. The monoisotopic (exact) mass is 321 g/mol. The van der Waals surface area contributed by atoms with Crippen LogP contribution in [-0.4, -0.2) is 42.4 Å². The first-order chi connectivity index (χ1) is 10.6. The molecular formula is C16H23N3O2S. The molecule has 3 rings (SSSR count). The van der Waals surface area contributed by atoms with Crippen LogP contribution >= 0.6 is 11.3 Å². The minimum Gasteiger partial charge on any atom is -0.355 e. The van der Waals surface area contributed by atoms with Gasteiger partial charge in [-0.15, -0.1) is 11.3 Å². The summed E-state index contributed by atoms with van der Waals surface area (Å²) in [6.45, 7) is 5.35. The van der Waals surface area contributed by atoms with Crippen molar-refractivity contribution < 1.29 is 9.59 Å². The van der Waals surface area contributed by atoms with E-state index in [0.717, 1.165) is 19.5 Å². The van der Waals surface area contributed by atoms with Crippen molar-refractivity contribution in [1.82, 2.24) is 15.5 Å². The maximum atomic E-state index is 12.2. The van der Waals surface area contributed by atoms with Gasteiger partial charge in [-0.25, -0.2) is 0 Å². The summed E-state index contributed by atoms with van der Waals surface area (Å²) in [7, 11) is 0. The van der Waals surface area contributed by atoms with Gasteiger partial charge in [0.15, 0.2) is 0 Å². The second-order valence-electron chi connectivity index (χ2n) is 6.22. The van der Waals surface area contributed by atoms with Crippen molar-refractivity contribution in [2.24, 2.45) is 5.92 Å². The molecule has 3 heterocycles. The molecule has 0 radical (unpaired) electrons. The first-order valence-electron chi connectivity index (χ1n) is 7.97. The van der Waals surface area contributed by atoms with E-state index in [0.29, 0.717) is 32.0 Å². The maximum Gasteiger partial charge on any atom is 0.224 e. The third-order valence-electron chi connectivity index (χ3n) is 4.67. The van der Waals surface area contributed by atoms with Crippen molar-refractivity contribution in [3.05, 3.63) is 21.9 Å². The predicted octanol–water partition coefficient (Wildman–Crippen LogP) is 1.14. The van der Waals surface area contributed by atoms with E-state index >= 15 is 0 Å². The molecule has 120 valence electrons. The van der Waals surface area contributed by atoms with Gasteiger partial charge in [-0.2, -0.15) is 0 Å². The van der Waals surface area contributed by atoms with Crippen molar-refractivity contribution >= 4 is 23.2 Å². The van der Waals surface area contributed by atoms with Gasteiger partial charge < -0.3 is 10.6 Å². The number of thiophene rings is 1. The highest BCUT2D eigenvalue weighted by atomic mass is 32.1. The van der Waals surface area contributed by atoms with E-state index in [2.05, 4.69) is 33.9 Å². The molecule has 2 atom stereocenters. The molecular weight excluding hydrogens is 298 g/mol. The molecule has 1 fully saturated rings. The van der Waals surface area contributed by atoms with E-state index in [1.54, 1.807) is 0 Å². The number of carbonyl (C=O) groups is 2. The second kappa shape index (κ2) is 6.79. The van der Waals surface area contributed by atoms with Gasteiger partial charge in [-0.05, 0) is 36.8 Å². The summed E-state index contributed by atoms with van der Waals surface area (Å²) in [6.07, 6.45) is 2.23. The summed E-state index contributed by atoms with van der Waals surface area (Å²) in [5, 5.41) is 7.98. The molecule has 0 unspecified atom stereocenters. The normalized spacial score (nSPS) is 23.5. The molecule has 22 heavy (non-hydrogen) atoms. The van der Waals surface area contributed by atoms with Crippen molar-refractivity contribution in [2.75, 3.05) is 19.6 Å². The standard InChI is InChI=1S/C16H23N3O2S/c1-11(19-6-4-14-13(10-19)5-7-22-14)8-18-16(21)12-2-3-15(20)17-9-12/h5,7,11-12H,2-4,6,8-10H2,1H3,(H,17,20)(H,18,21)/t11-,12-/m1/s1. The van der Waals surface area contributed by atoms with Crippen LogP contribution in [0, 0.1) is 5.92 Å². The molecule has 2 N–H and O–H groups in total. The Morgan fingerprint density at radius 1 is 1.55 bits per heavy atom.